The zero-order valence-electron chi connectivity index (χ0n) is 23.2. The number of carbonyl (C=O) groups excluding carboxylic acids is 3. The number of para-hydroxylation sites is 3. The zero-order chi connectivity index (χ0) is 30.2. The van der Waals surface area contributed by atoms with Crippen molar-refractivity contribution in [2.75, 3.05) is 10.6 Å². The fourth-order valence-electron chi connectivity index (χ4n) is 4.86. The van der Waals surface area contributed by atoms with Gasteiger partial charge in [-0.2, -0.15) is 0 Å². The molecule has 0 aliphatic heterocycles. The first-order chi connectivity index (χ1) is 20.9. The van der Waals surface area contributed by atoms with Gasteiger partial charge in [-0.05, 0) is 47.9 Å². The van der Waals surface area contributed by atoms with Gasteiger partial charge in [0.2, 0.25) is 5.91 Å². The van der Waals surface area contributed by atoms with Crippen LogP contribution < -0.4 is 16.0 Å². The Morgan fingerprint density at radius 3 is 2.02 bits per heavy atom. The average molecular weight is 575 g/mol. The molecule has 3 amide bonds. The molecule has 0 saturated heterocycles. The van der Waals surface area contributed by atoms with Gasteiger partial charge in [-0.1, -0.05) is 72.8 Å². The summed E-state index contributed by atoms with van der Waals surface area (Å²) < 4.78 is 0. The molecule has 1 aromatic heterocycles. The molecule has 0 aliphatic carbocycles. The number of aliphatic carboxylic acids is 1. The molecule has 1 atom stereocenters. The van der Waals surface area contributed by atoms with Gasteiger partial charge in [0.25, 0.3) is 11.8 Å². The number of carboxylic acid groups (broad SMARTS) is 1. The van der Waals surface area contributed by atoms with Gasteiger partial charge in [0.05, 0.1) is 22.5 Å². The van der Waals surface area contributed by atoms with Crippen LogP contribution in [-0.2, 0) is 22.4 Å². The van der Waals surface area contributed by atoms with Crippen molar-refractivity contribution < 1.29 is 24.3 Å². The molecule has 0 radical (unpaired) electrons. The smallest absolute Gasteiger partial charge is 0.326 e. The minimum absolute atomic E-state index is 0.101. The molecule has 5 rings (SSSR count). The van der Waals surface area contributed by atoms with Crippen LogP contribution in [0.2, 0.25) is 0 Å². The van der Waals surface area contributed by atoms with E-state index in [2.05, 4.69) is 20.9 Å². The van der Waals surface area contributed by atoms with Crippen LogP contribution in [0, 0.1) is 0 Å². The van der Waals surface area contributed by atoms with Crippen LogP contribution in [0.3, 0.4) is 0 Å². The van der Waals surface area contributed by atoms with Crippen molar-refractivity contribution in [3.8, 4) is 0 Å². The number of benzene rings is 4. The Labute approximate surface area is 248 Å². The molecule has 4 aromatic carbocycles. The van der Waals surface area contributed by atoms with Crippen molar-refractivity contribution in [2.24, 2.45) is 0 Å². The van der Waals surface area contributed by atoms with Gasteiger partial charge in [0.15, 0.2) is 0 Å². The highest BCUT2D eigenvalue weighted by atomic mass is 16.4. The summed E-state index contributed by atoms with van der Waals surface area (Å²) >= 11 is 0. The summed E-state index contributed by atoms with van der Waals surface area (Å²) in [4.78, 5) is 54.5. The van der Waals surface area contributed by atoms with Gasteiger partial charge in [-0.25, -0.2) is 4.79 Å². The summed E-state index contributed by atoms with van der Waals surface area (Å²) in [6.45, 7) is 0. The number of rotatable bonds is 11. The predicted molar refractivity (Wildman–Crippen MR) is 165 cm³/mol. The number of nitrogens with one attached hydrogen (secondary N) is 4. The fourth-order valence-corrected chi connectivity index (χ4v) is 4.86. The van der Waals surface area contributed by atoms with E-state index < -0.39 is 23.8 Å². The molecule has 0 spiro atoms. The lowest BCUT2D eigenvalue weighted by Gasteiger charge is -2.17. The molecule has 0 saturated carbocycles. The van der Waals surface area contributed by atoms with Gasteiger partial charge < -0.3 is 26.0 Å². The maximum absolute atomic E-state index is 13.4. The monoisotopic (exact) mass is 574 g/mol. The molecule has 1 heterocycles. The average Bonchev–Trinajstić information content (AvgIpc) is 3.43. The number of aryl methyl sites for hydroxylation is 1. The van der Waals surface area contributed by atoms with E-state index in [1.807, 2.05) is 36.5 Å². The summed E-state index contributed by atoms with van der Waals surface area (Å²) in [5.74, 6) is -2.60. The second-order valence-electron chi connectivity index (χ2n) is 10.0. The summed E-state index contributed by atoms with van der Waals surface area (Å²) in [7, 11) is 0. The van der Waals surface area contributed by atoms with Crippen molar-refractivity contribution in [1.29, 1.82) is 0 Å². The minimum Gasteiger partial charge on any atom is -0.480 e. The largest absolute Gasteiger partial charge is 0.480 e. The lowest BCUT2D eigenvalue weighted by Crippen LogP contribution is -2.42. The van der Waals surface area contributed by atoms with Gasteiger partial charge in [-0.15, -0.1) is 0 Å². The SMILES string of the molecule is O=C(CCc1c[nH]c2ccccc12)Nc1ccccc1C(=O)Nc1ccccc1C(=O)NC(Cc1ccccc1)C(=O)O. The number of aromatic nitrogens is 1. The molecule has 1 unspecified atom stereocenters. The normalized spacial score (nSPS) is 11.4. The van der Waals surface area contributed by atoms with Crippen LogP contribution in [-0.4, -0.2) is 39.8 Å². The Morgan fingerprint density at radius 1 is 0.698 bits per heavy atom. The van der Waals surface area contributed by atoms with E-state index in [-0.39, 0.29) is 35.6 Å². The number of hydrogen-bond donors (Lipinski definition) is 5. The number of H-pyrrole nitrogens is 1. The molecule has 216 valence electrons. The third kappa shape index (κ3) is 7.15. The molecule has 0 aliphatic rings. The molecule has 43 heavy (non-hydrogen) atoms. The van der Waals surface area contributed by atoms with E-state index in [0.717, 1.165) is 22.0 Å². The van der Waals surface area contributed by atoms with Crippen LogP contribution in [0.25, 0.3) is 10.9 Å². The second kappa shape index (κ2) is 13.3. The number of carbonyl (C=O) groups is 4. The minimum atomic E-state index is -1.17. The highest BCUT2D eigenvalue weighted by molar-refractivity contribution is 6.13. The zero-order valence-corrected chi connectivity index (χ0v) is 23.2. The van der Waals surface area contributed by atoms with Crippen LogP contribution in [0.5, 0.6) is 0 Å². The molecule has 5 N–H and O–H groups in total. The van der Waals surface area contributed by atoms with E-state index in [9.17, 15) is 24.3 Å². The highest BCUT2D eigenvalue weighted by Gasteiger charge is 2.23. The number of anilines is 2. The first kappa shape index (κ1) is 28.8. The van der Waals surface area contributed by atoms with E-state index in [1.165, 1.54) is 6.07 Å². The Kier molecular flexibility index (Phi) is 8.92. The van der Waals surface area contributed by atoms with Gasteiger partial charge in [-0.3, -0.25) is 14.4 Å². The fraction of sp³-hybridized carbons (Fsp3) is 0.118. The highest BCUT2D eigenvalue weighted by Crippen LogP contribution is 2.22. The molecule has 0 fully saturated rings. The first-order valence-corrected chi connectivity index (χ1v) is 13.8. The van der Waals surface area contributed by atoms with Crippen molar-refractivity contribution in [1.82, 2.24) is 10.3 Å². The number of fused-ring (bicyclic) bond motifs is 1. The first-order valence-electron chi connectivity index (χ1n) is 13.8. The Hall–Kier alpha value is -5.70. The molecule has 9 heteroatoms. The molecular weight excluding hydrogens is 544 g/mol. The summed E-state index contributed by atoms with van der Waals surface area (Å²) in [5, 5.41) is 18.9. The maximum atomic E-state index is 13.4. The van der Waals surface area contributed by atoms with E-state index in [4.69, 9.17) is 0 Å². The topological polar surface area (TPSA) is 140 Å². The summed E-state index contributed by atoms with van der Waals surface area (Å²) in [5.41, 5.74) is 3.65. The second-order valence-corrected chi connectivity index (χ2v) is 10.0. The molecule has 9 nitrogen and oxygen atoms in total. The predicted octanol–water partition coefficient (Wildman–Crippen LogP) is 5.42. The van der Waals surface area contributed by atoms with Gasteiger partial charge in [0.1, 0.15) is 6.04 Å². The quantitative estimate of drug-likeness (QED) is 0.143. The van der Waals surface area contributed by atoms with Crippen molar-refractivity contribution in [3.05, 3.63) is 132 Å². The van der Waals surface area contributed by atoms with E-state index in [0.29, 0.717) is 12.1 Å². The summed E-state index contributed by atoms with van der Waals surface area (Å²) in [6, 6.07) is 28.6. The maximum Gasteiger partial charge on any atom is 0.326 e. The number of aromatic amines is 1. The van der Waals surface area contributed by atoms with E-state index >= 15 is 0 Å². The van der Waals surface area contributed by atoms with Crippen LogP contribution in [0.1, 0.15) is 38.3 Å². The lowest BCUT2D eigenvalue weighted by atomic mass is 10.0. The van der Waals surface area contributed by atoms with E-state index in [1.54, 1.807) is 66.7 Å². The third-order valence-corrected chi connectivity index (χ3v) is 7.05. The van der Waals surface area contributed by atoms with Crippen LogP contribution >= 0.6 is 0 Å². The number of carboxylic acids is 1. The third-order valence-electron chi connectivity index (χ3n) is 7.05. The molecule has 5 aromatic rings. The summed E-state index contributed by atoms with van der Waals surface area (Å²) in [6.07, 6.45) is 2.74. The molecular formula is C34H30N4O5. The van der Waals surface area contributed by atoms with Gasteiger partial charge in [0, 0.05) is 29.9 Å². The van der Waals surface area contributed by atoms with Crippen molar-refractivity contribution >= 4 is 46.0 Å². The van der Waals surface area contributed by atoms with Crippen LogP contribution in [0.4, 0.5) is 11.4 Å². The van der Waals surface area contributed by atoms with Crippen LogP contribution in [0.15, 0.2) is 109 Å². The lowest BCUT2D eigenvalue weighted by molar-refractivity contribution is -0.139. The Balaban J connectivity index is 1.26. The van der Waals surface area contributed by atoms with Gasteiger partial charge >= 0.3 is 5.97 Å². The Bertz CT molecular complexity index is 1780. The molecule has 0 bridgehead atoms. The van der Waals surface area contributed by atoms with Crippen molar-refractivity contribution in [3.63, 3.8) is 0 Å². The van der Waals surface area contributed by atoms with Crippen molar-refractivity contribution in [2.45, 2.75) is 25.3 Å². The Morgan fingerprint density at radius 2 is 1.30 bits per heavy atom. The number of hydrogen-bond acceptors (Lipinski definition) is 4. The number of amides is 3. The standard InChI is InChI=1S/C34H30N4O5/c39-31(19-18-23-21-35-27-15-7-4-12-24(23)27)36-28-16-8-5-13-25(28)32(40)37-29-17-9-6-14-26(29)33(41)38-30(34(42)43)20-22-10-2-1-3-11-22/h1-17,21,30,35H,18-20H2,(H,36,39)(H,37,40)(H,38,41)(H,42,43).